The number of rotatable bonds is 5. The van der Waals surface area contributed by atoms with Crippen molar-refractivity contribution in [3.8, 4) is 5.75 Å². The number of carbonyl (C=O) groups is 2. The molecule has 24 heavy (non-hydrogen) atoms. The molecular weight excluding hydrogens is 330 g/mol. The summed E-state index contributed by atoms with van der Waals surface area (Å²) in [6, 6.07) is 11.8. The minimum atomic E-state index is -0.715. The Labute approximate surface area is 145 Å². The van der Waals surface area contributed by atoms with Gasteiger partial charge in [0.15, 0.2) is 6.10 Å². The standard InChI is InChI=1S/C18H18ClNO4/c1-11-15(18(22)23-3)5-4-6-16(11)20-17(21)12(2)24-14-9-7-13(19)8-10-14/h4-10,12H,1-3H3,(H,20,21)/t12-/m0/s1. The summed E-state index contributed by atoms with van der Waals surface area (Å²) in [5.41, 5.74) is 1.58. The number of carbonyl (C=O) groups excluding carboxylic acids is 2. The van der Waals surface area contributed by atoms with Gasteiger partial charge >= 0.3 is 5.97 Å². The van der Waals surface area contributed by atoms with E-state index in [0.29, 0.717) is 27.6 Å². The first kappa shape index (κ1) is 17.8. The highest BCUT2D eigenvalue weighted by Crippen LogP contribution is 2.21. The van der Waals surface area contributed by atoms with Crippen LogP contribution >= 0.6 is 11.6 Å². The van der Waals surface area contributed by atoms with Crippen LogP contribution in [-0.4, -0.2) is 25.1 Å². The van der Waals surface area contributed by atoms with Crippen LogP contribution in [0.25, 0.3) is 0 Å². The molecule has 1 N–H and O–H groups in total. The van der Waals surface area contributed by atoms with Crippen molar-refractivity contribution in [2.45, 2.75) is 20.0 Å². The van der Waals surface area contributed by atoms with Gasteiger partial charge in [-0.1, -0.05) is 17.7 Å². The van der Waals surface area contributed by atoms with Gasteiger partial charge < -0.3 is 14.8 Å². The van der Waals surface area contributed by atoms with Gasteiger partial charge in [0, 0.05) is 10.7 Å². The van der Waals surface area contributed by atoms with E-state index < -0.39 is 12.1 Å². The monoisotopic (exact) mass is 347 g/mol. The van der Waals surface area contributed by atoms with Crippen molar-refractivity contribution in [3.05, 3.63) is 58.6 Å². The van der Waals surface area contributed by atoms with E-state index in [1.54, 1.807) is 56.3 Å². The first-order chi connectivity index (χ1) is 11.4. The molecule has 2 aromatic carbocycles. The minimum absolute atomic E-state index is 0.324. The molecule has 0 saturated carbocycles. The van der Waals surface area contributed by atoms with Gasteiger partial charge in [0.05, 0.1) is 12.7 Å². The van der Waals surface area contributed by atoms with E-state index in [0.717, 1.165) is 0 Å². The number of halogens is 1. The zero-order chi connectivity index (χ0) is 17.7. The van der Waals surface area contributed by atoms with E-state index in [4.69, 9.17) is 21.1 Å². The Kier molecular flexibility index (Phi) is 5.82. The molecule has 1 atom stereocenters. The largest absolute Gasteiger partial charge is 0.481 e. The summed E-state index contributed by atoms with van der Waals surface area (Å²) in [4.78, 5) is 24.0. The molecule has 0 aliphatic carbocycles. The molecule has 2 aromatic rings. The number of hydrogen-bond acceptors (Lipinski definition) is 4. The molecule has 0 fully saturated rings. The smallest absolute Gasteiger partial charge is 0.338 e. The normalized spacial score (nSPS) is 11.5. The van der Waals surface area contributed by atoms with Crippen LogP contribution in [0.15, 0.2) is 42.5 Å². The van der Waals surface area contributed by atoms with Gasteiger partial charge in [-0.05, 0) is 55.8 Å². The second kappa shape index (κ2) is 7.84. The van der Waals surface area contributed by atoms with Crippen molar-refractivity contribution in [2.75, 3.05) is 12.4 Å². The van der Waals surface area contributed by atoms with Crippen molar-refractivity contribution in [3.63, 3.8) is 0 Å². The predicted molar refractivity (Wildman–Crippen MR) is 92.7 cm³/mol. The van der Waals surface area contributed by atoms with Gasteiger partial charge in [-0.15, -0.1) is 0 Å². The molecule has 0 spiro atoms. The number of methoxy groups -OCH3 is 1. The number of esters is 1. The summed E-state index contributed by atoms with van der Waals surface area (Å²) in [5, 5.41) is 3.36. The Bertz CT molecular complexity index is 743. The highest BCUT2D eigenvalue weighted by molar-refractivity contribution is 6.30. The van der Waals surface area contributed by atoms with Crippen molar-refractivity contribution in [1.82, 2.24) is 0 Å². The van der Waals surface area contributed by atoms with Crippen LogP contribution in [0.3, 0.4) is 0 Å². The molecule has 0 unspecified atom stereocenters. The van der Waals surface area contributed by atoms with Crippen molar-refractivity contribution in [2.24, 2.45) is 0 Å². The van der Waals surface area contributed by atoms with Gasteiger partial charge in [0.1, 0.15) is 5.75 Å². The van der Waals surface area contributed by atoms with Crippen LogP contribution in [0.4, 0.5) is 5.69 Å². The summed E-state index contributed by atoms with van der Waals surface area (Å²) in [7, 11) is 1.31. The average Bonchev–Trinajstić information content (AvgIpc) is 2.58. The van der Waals surface area contributed by atoms with Gasteiger partial charge in [-0.25, -0.2) is 4.79 Å². The maximum Gasteiger partial charge on any atom is 0.338 e. The zero-order valence-corrected chi connectivity index (χ0v) is 14.4. The van der Waals surface area contributed by atoms with E-state index in [9.17, 15) is 9.59 Å². The molecule has 0 radical (unpaired) electrons. The predicted octanol–water partition coefficient (Wildman–Crippen LogP) is 3.84. The Morgan fingerprint density at radius 3 is 2.42 bits per heavy atom. The van der Waals surface area contributed by atoms with E-state index >= 15 is 0 Å². The second-order valence-electron chi connectivity index (χ2n) is 5.17. The molecular formula is C18H18ClNO4. The second-order valence-corrected chi connectivity index (χ2v) is 5.61. The lowest BCUT2D eigenvalue weighted by atomic mass is 10.1. The van der Waals surface area contributed by atoms with Crippen LogP contribution in [0.2, 0.25) is 5.02 Å². The third-order valence-electron chi connectivity index (χ3n) is 3.49. The van der Waals surface area contributed by atoms with E-state index in [2.05, 4.69) is 5.32 Å². The summed E-state index contributed by atoms with van der Waals surface area (Å²) in [5.74, 6) is -0.230. The first-order valence-corrected chi connectivity index (χ1v) is 7.71. The van der Waals surface area contributed by atoms with Crippen molar-refractivity contribution < 1.29 is 19.1 Å². The summed E-state index contributed by atoms with van der Waals surface area (Å²) < 4.78 is 10.3. The third-order valence-corrected chi connectivity index (χ3v) is 3.74. The molecule has 0 aliphatic heterocycles. The third kappa shape index (κ3) is 4.26. The van der Waals surface area contributed by atoms with E-state index in [-0.39, 0.29) is 5.91 Å². The number of hydrogen-bond donors (Lipinski definition) is 1. The Balaban J connectivity index is 2.08. The fourth-order valence-electron chi connectivity index (χ4n) is 2.11. The SMILES string of the molecule is COC(=O)c1cccc(NC(=O)[C@H](C)Oc2ccc(Cl)cc2)c1C. The highest BCUT2D eigenvalue weighted by atomic mass is 35.5. The summed E-state index contributed by atoms with van der Waals surface area (Å²) >= 11 is 5.82. The lowest BCUT2D eigenvalue weighted by Gasteiger charge is -2.16. The molecule has 0 saturated heterocycles. The number of ether oxygens (including phenoxy) is 2. The zero-order valence-electron chi connectivity index (χ0n) is 13.6. The maximum atomic E-state index is 12.3. The number of benzene rings is 2. The first-order valence-electron chi connectivity index (χ1n) is 7.33. The van der Waals surface area contributed by atoms with Crippen LogP contribution in [-0.2, 0) is 9.53 Å². The summed E-state index contributed by atoms with van der Waals surface area (Å²) in [6.07, 6.45) is -0.715. The molecule has 2 rings (SSSR count). The molecule has 5 nitrogen and oxygen atoms in total. The molecule has 6 heteroatoms. The maximum absolute atomic E-state index is 12.3. The Morgan fingerprint density at radius 2 is 1.79 bits per heavy atom. The van der Waals surface area contributed by atoms with Gasteiger partial charge in [0.2, 0.25) is 0 Å². The topological polar surface area (TPSA) is 64.6 Å². The number of amides is 1. The Morgan fingerprint density at radius 1 is 1.12 bits per heavy atom. The van der Waals surface area contributed by atoms with Crippen LogP contribution in [0, 0.1) is 6.92 Å². The fraction of sp³-hybridized carbons (Fsp3) is 0.222. The summed E-state index contributed by atoms with van der Waals surface area (Å²) in [6.45, 7) is 3.38. The highest BCUT2D eigenvalue weighted by Gasteiger charge is 2.18. The molecule has 0 heterocycles. The van der Waals surface area contributed by atoms with E-state index in [1.807, 2.05) is 0 Å². The van der Waals surface area contributed by atoms with Crippen molar-refractivity contribution in [1.29, 1.82) is 0 Å². The number of anilines is 1. The van der Waals surface area contributed by atoms with Crippen LogP contribution < -0.4 is 10.1 Å². The van der Waals surface area contributed by atoms with Crippen LogP contribution in [0.1, 0.15) is 22.8 Å². The quantitative estimate of drug-likeness (QED) is 0.834. The van der Waals surface area contributed by atoms with Crippen molar-refractivity contribution >= 4 is 29.2 Å². The molecule has 1 amide bonds. The van der Waals surface area contributed by atoms with Crippen LogP contribution in [0.5, 0.6) is 5.75 Å². The molecule has 126 valence electrons. The number of nitrogens with one attached hydrogen (secondary N) is 1. The van der Waals surface area contributed by atoms with Gasteiger partial charge in [0.25, 0.3) is 5.91 Å². The molecule has 0 aliphatic rings. The van der Waals surface area contributed by atoms with E-state index in [1.165, 1.54) is 7.11 Å². The molecule has 0 bridgehead atoms. The average molecular weight is 348 g/mol. The minimum Gasteiger partial charge on any atom is -0.481 e. The fourth-order valence-corrected chi connectivity index (χ4v) is 2.23. The Hall–Kier alpha value is -2.53. The van der Waals surface area contributed by atoms with Gasteiger partial charge in [-0.3, -0.25) is 4.79 Å². The lowest BCUT2D eigenvalue weighted by Crippen LogP contribution is -2.30. The lowest BCUT2D eigenvalue weighted by molar-refractivity contribution is -0.122. The van der Waals surface area contributed by atoms with Gasteiger partial charge in [-0.2, -0.15) is 0 Å². The molecule has 0 aromatic heterocycles.